The van der Waals surface area contributed by atoms with Crippen LogP contribution in [0, 0.1) is 0 Å². The summed E-state index contributed by atoms with van der Waals surface area (Å²) >= 11 is 0. The second kappa shape index (κ2) is 5.95. The number of benzene rings is 1. The van der Waals surface area contributed by atoms with Crippen molar-refractivity contribution in [1.29, 1.82) is 0 Å². The van der Waals surface area contributed by atoms with Crippen molar-refractivity contribution in [2.45, 2.75) is 26.8 Å². The highest BCUT2D eigenvalue weighted by Crippen LogP contribution is 2.21. The minimum Gasteiger partial charge on any atom is -0.478 e. The first kappa shape index (κ1) is 15.0. The average Bonchev–Trinajstić information content (AvgIpc) is 2.83. The molecule has 0 aliphatic rings. The second-order valence-corrected chi connectivity index (χ2v) is 4.85. The lowest BCUT2D eigenvalue weighted by Gasteiger charge is -2.16. The lowest BCUT2D eigenvalue weighted by molar-refractivity contribution is -0.130. The summed E-state index contributed by atoms with van der Waals surface area (Å²) in [4.78, 5) is 29.4. The number of carbonyl (C=O) groups is 2. The predicted octanol–water partition coefficient (Wildman–Crippen LogP) is 1.78. The minimum atomic E-state index is -1.01. The van der Waals surface area contributed by atoms with E-state index in [2.05, 4.69) is 4.98 Å². The third kappa shape index (κ3) is 2.74. The molecule has 1 aromatic heterocycles. The molecular formula is C15H19N3O3. The van der Waals surface area contributed by atoms with Crippen molar-refractivity contribution in [2.75, 3.05) is 13.6 Å². The highest BCUT2D eigenvalue weighted by Gasteiger charge is 2.18. The molecule has 2 aromatic rings. The number of rotatable bonds is 5. The molecule has 6 nitrogen and oxygen atoms in total. The van der Waals surface area contributed by atoms with Crippen LogP contribution in [0.15, 0.2) is 18.2 Å². The SMILES string of the molecule is CCc1nc2c(C(=O)O)cccc2n1CC(=O)N(C)CC. The molecule has 0 bridgehead atoms. The monoisotopic (exact) mass is 289 g/mol. The summed E-state index contributed by atoms with van der Waals surface area (Å²) in [6.07, 6.45) is 0.636. The molecule has 0 unspecified atom stereocenters. The molecule has 0 radical (unpaired) electrons. The molecule has 0 saturated heterocycles. The van der Waals surface area contributed by atoms with E-state index in [1.165, 1.54) is 6.07 Å². The van der Waals surface area contributed by atoms with Crippen molar-refractivity contribution in [3.05, 3.63) is 29.6 Å². The van der Waals surface area contributed by atoms with Gasteiger partial charge in [0.05, 0.1) is 11.1 Å². The van der Waals surface area contributed by atoms with Crippen molar-refractivity contribution in [1.82, 2.24) is 14.5 Å². The predicted molar refractivity (Wildman–Crippen MR) is 79.4 cm³/mol. The number of aryl methyl sites for hydroxylation is 1. The Morgan fingerprint density at radius 3 is 2.62 bits per heavy atom. The molecule has 0 aliphatic carbocycles. The Morgan fingerprint density at radius 1 is 1.33 bits per heavy atom. The molecule has 6 heteroatoms. The average molecular weight is 289 g/mol. The number of likely N-dealkylation sites (N-methyl/N-ethyl adjacent to an activating group) is 1. The van der Waals surface area contributed by atoms with Crippen LogP contribution in [0.25, 0.3) is 11.0 Å². The van der Waals surface area contributed by atoms with Crippen molar-refractivity contribution in [3.63, 3.8) is 0 Å². The number of fused-ring (bicyclic) bond motifs is 1. The van der Waals surface area contributed by atoms with Gasteiger partial charge in [0.25, 0.3) is 0 Å². The van der Waals surface area contributed by atoms with E-state index in [4.69, 9.17) is 0 Å². The van der Waals surface area contributed by atoms with Gasteiger partial charge in [-0.3, -0.25) is 4.79 Å². The molecular weight excluding hydrogens is 270 g/mol. The number of carbonyl (C=O) groups excluding carboxylic acids is 1. The zero-order chi connectivity index (χ0) is 15.6. The van der Waals surface area contributed by atoms with Crippen LogP contribution in [-0.2, 0) is 17.8 Å². The van der Waals surface area contributed by atoms with Gasteiger partial charge in [-0.1, -0.05) is 13.0 Å². The number of imidazole rings is 1. The van der Waals surface area contributed by atoms with E-state index >= 15 is 0 Å². The molecule has 0 atom stereocenters. The quantitative estimate of drug-likeness (QED) is 0.910. The Morgan fingerprint density at radius 2 is 2.05 bits per heavy atom. The van der Waals surface area contributed by atoms with E-state index < -0.39 is 5.97 Å². The van der Waals surface area contributed by atoms with Crippen LogP contribution in [0.5, 0.6) is 0 Å². The molecule has 0 spiro atoms. The number of hydrogen-bond acceptors (Lipinski definition) is 3. The van der Waals surface area contributed by atoms with Crippen molar-refractivity contribution in [2.24, 2.45) is 0 Å². The molecule has 1 amide bonds. The third-order valence-electron chi connectivity index (χ3n) is 3.60. The van der Waals surface area contributed by atoms with Gasteiger partial charge < -0.3 is 14.6 Å². The highest BCUT2D eigenvalue weighted by atomic mass is 16.4. The fraction of sp³-hybridized carbons (Fsp3) is 0.400. The van der Waals surface area contributed by atoms with Gasteiger partial charge in [0, 0.05) is 20.0 Å². The summed E-state index contributed by atoms with van der Waals surface area (Å²) in [5, 5.41) is 9.24. The summed E-state index contributed by atoms with van der Waals surface area (Å²) in [6, 6.07) is 5.01. The normalized spacial score (nSPS) is 10.8. The van der Waals surface area contributed by atoms with E-state index in [-0.39, 0.29) is 18.0 Å². The zero-order valence-corrected chi connectivity index (χ0v) is 12.5. The molecule has 112 valence electrons. The standard InChI is InChI=1S/C15H19N3O3/c1-4-12-16-14-10(15(20)21)7-6-8-11(14)18(12)9-13(19)17(3)5-2/h6-8H,4-5,9H2,1-3H3,(H,20,21). The van der Waals surface area contributed by atoms with Crippen LogP contribution in [0.3, 0.4) is 0 Å². The summed E-state index contributed by atoms with van der Waals surface area (Å²) in [5.74, 6) is -0.311. The molecule has 1 aromatic carbocycles. The van der Waals surface area contributed by atoms with Gasteiger partial charge in [-0.15, -0.1) is 0 Å². The lowest BCUT2D eigenvalue weighted by atomic mass is 10.2. The Bertz CT molecular complexity index is 691. The zero-order valence-electron chi connectivity index (χ0n) is 12.5. The highest BCUT2D eigenvalue weighted by molar-refractivity contribution is 6.01. The van der Waals surface area contributed by atoms with E-state index in [1.54, 1.807) is 28.6 Å². The summed E-state index contributed by atoms with van der Waals surface area (Å²) in [6.45, 7) is 4.65. The molecule has 0 saturated carbocycles. The molecule has 0 aliphatic heterocycles. The first-order valence-electron chi connectivity index (χ1n) is 6.94. The third-order valence-corrected chi connectivity index (χ3v) is 3.60. The Hall–Kier alpha value is -2.37. The van der Waals surface area contributed by atoms with Gasteiger partial charge in [-0.05, 0) is 19.1 Å². The Labute approximate surface area is 123 Å². The maximum Gasteiger partial charge on any atom is 0.337 e. The topological polar surface area (TPSA) is 75.4 Å². The second-order valence-electron chi connectivity index (χ2n) is 4.85. The van der Waals surface area contributed by atoms with Crippen LogP contribution in [0.4, 0.5) is 0 Å². The number of aromatic nitrogens is 2. The van der Waals surface area contributed by atoms with Crippen molar-refractivity contribution >= 4 is 22.9 Å². The van der Waals surface area contributed by atoms with Crippen molar-refractivity contribution in [3.8, 4) is 0 Å². The minimum absolute atomic E-state index is 0.0211. The van der Waals surface area contributed by atoms with Crippen LogP contribution >= 0.6 is 0 Å². The van der Waals surface area contributed by atoms with Crippen LogP contribution in [-0.4, -0.2) is 45.0 Å². The Kier molecular flexibility index (Phi) is 4.26. The largest absolute Gasteiger partial charge is 0.478 e. The van der Waals surface area contributed by atoms with Crippen LogP contribution < -0.4 is 0 Å². The number of amides is 1. The smallest absolute Gasteiger partial charge is 0.337 e. The van der Waals surface area contributed by atoms with Gasteiger partial charge in [0.2, 0.25) is 5.91 Å². The van der Waals surface area contributed by atoms with E-state index in [1.807, 2.05) is 13.8 Å². The van der Waals surface area contributed by atoms with E-state index in [9.17, 15) is 14.7 Å². The number of aromatic carboxylic acids is 1. The van der Waals surface area contributed by atoms with Crippen molar-refractivity contribution < 1.29 is 14.7 Å². The fourth-order valence-electron chi connectivity index (χ4n) is 2.25. The van der Waals surface area contributed by atoms with Gasteiger partial charge in [-0.2, -0.15) is 0 Å². The molecule has 1 N–H and O–H groups in total. The Balaban J connectivity index is 2.54. The summed E-state index contributed by atoms with van der Waals surface area (Å²) < 4.78 is 1.80. The van der Waals surface area contributed by atoms with Crippen LogP contribution in [0.1, 0.15) is 30.0 Å². The van der Waals surface area contributed by atoms with E-state index in [0.29, 0.717) is 24.0 Å². The van der Waals surface area contributed by atoms with Gasteiger partial charge in [0.1, 0.15) is 17.9 Å². The molecule has 1 heterocycles. The number of carboxylic acid groups (broad SMARTS) is 1. The van der Waals surface area contributed by atoms with Gasteiger partial charge >= 0.3 is 5.97 Å². The maximum atomic E-state index is 12.1. The first-order chi connectivity index (χ1) is 9.99. The first-order valence-corrected chi connectivity index (χ1v) is 6.94. The van der Waals surface area contributed by atoms with Gasteiger partial charge in [0.15, 0.2) is 0 Å². The molecule has 2 rings (SSSR count). The molecule has 21 heavy (non-hydrogen) atoms. The van der Waals surface area contributed by atoms with Crippen LogP contribution in [0.2, 0.25) is 0 Å². The molecule has 0 fully saturated rings. The summed E-state index contributed by atoms with van der Waals surface area (Å²) in [7, 11) is 1.75. The number of carboxylic acids is 1. The number of hydrogen-bond donors (Lipinski definition) is 1. The lowest BCUT2D eigenvalue weighted by Crippen LogP contribution is -2.30. The summed E-state index contributed by atoms with van der Waals surface area (Å²) in [5.41, 5.74) is 1.29. The van der Waals surface area contributed by atoms with E-state index in [0.717, 1.165) is 5.82 Å². The van der Waals surface area contributed by atoms with Gasteiger partial charge in [-0.25, -0.2) is 9.78 Å². The fourth-order valence-corrected chi connectivity index (χ4v) is 2.25. The number of para-hydroxylation sites is 1. The maximum absolute atomic E-state index is 12.1. The number of nitrogens with zero attached hydrogens (tertiary/aromatic N) is 3.